The first-order valence-corrected chi connectivity index (χ1v) is 11.3. The first-order chi connectivity index (χ1) is 10.8. The molecule has 0 saturated heterocycles. The minimum Gasteiger partial charge on any atom is -0.229 e. The predicted octanol–water partition coefficient (Wildman–Crippen LogP) is 9.09. The van der Waals surface area contributed by atoms with E-state index in [1.54, 1.807) is 0 Å². The van der Waals surface area contributed by atoms with Gasteiger partial charge in [-0.3, -0.25) is 0 Å². The van der Waals surface area contributed by atoms with Crippen LogP contribution in [0.2, 0.25) is 14.8 Å². The third kappa shape index (κ3) is 10.0. The SMILES string of the molecule is C.CI.Cc1nc(Cl)c(C(F)(F)F)s1.Clc1nc(Cl)c(C(Cl)(Cl)Cl)s1. The molecule has 0 N–H and O–H groups in total. The second kappa shape index (κ2) is 12.2. The topological polar surface area (TPSA) is 25.8 Å². The van der Waals surface area contributed by atoms with E-state index >= 15 is 0 Å². The predicted molar refractivity (Wildman–Crippen MR) is 115 cm³/mol. The summed E-state index contributed by atoms with van der Waals surface area (Å²) in [6.45, 7) is 1.48. The average Bonchev–Trinajstić information content (AvgIpc) is 2.93. The maximum atomic E-state index is 11.9. The molecule has 2 nitrogen and oxygen atoms in total. The Morgan fingerprint density at radius 3 is 1.48 bits per heavy atom. The molecule has 0 amide bonds. The van der Waals surface area contributed by atoms with Crippen LogP contribution in [0.15, 0.2) is 0 Å². The molecule has 14 heteroatoms. The van der Waals surface area contributed by atoms with Crippen molar-refractivity contribution < 1.29 is 13.2 Å². The number of aryl methyl sites for hydroxylation is 1. The summed E-state index contributed by atoms with van der Waals surface area (Å²) < 4.78 is 34.6. The van der Waals surface area contributed by atoms with Crippen LogP contribution in [-0.2, 0) is 9.97 Å². The molecule has 0 aliphatic rings. The number of halogens is 10. The Hall–Kier alpha value is 1.52. The molecular weight excluding hydrogens is 621 g/mol. The smallest absolute Gasteiger partial charge is 0.229 e. The van der Waals surface area contributed by atoms with Crippen molar-refractivity contribution in [1.29, 1.82) is 0 Å². The van der Waals surface area contributed by atoms with Crippen molar-refractivity contribution in [3.63, 3.8) is 0 Å². The third-order valence-corrected chi connectivity index (χ3v) is 5.74. The molecule has 2 rings (SSSR count). The molecule has 0 aliphatic carbocycles. The maximum absolute atomic E-state index is 11.9. The molecule has 0 saturated carbocycles. The van der Waals surface area contributed by atoms with Crippen molar-refractivity contribution >= 4 is 115 Å². The quantitative estimate of drug-likeness (QED) is 0.214. The highest BCUT2D eigenvalue weighted by Gasteiger charge is 2.36. The fourth-order valence-corrected chi connectivity index (χ4v) is 4.17. The fraction of sp³-hybridized carbons (Fsp3) is 0.455. The highest BCUT2D eigenvalue weighted by molar-refractivity contribution is 14.1. The summed E-state index contributed by atoms with van der Waals surface area (Å²) >= 11 is 36.7. The van der Waals surface area contributed by atoms with E-state index in [2.05, 4.69) is 32.6 Å². The van der Waals surface area contributed by atoms with Crippen molar-refractivity contribution in [2.24, 2.45) is 0 Å². The lowest BCUT2D eigenvalue weighted by molar-refractivity contribution is -0.134. The molecule has 25 heavy (non-hydrogen) atoms. The Bertz CT molecular complexity index is 601. The lowest BCUT2D eigenvalue weighted by Crippen LogP contribution is -2.01. The summed E-state index contributed by atoms with van der Waals surface area (Å²) in [5, 5.41) is 0.00215. The van der Waals surface area contributed by atoms with Crippen LogP contribution >= 0.6 is 115 Å². The summed E-state index contributed by atoms with van der Waals surface area (Å²) in [5.41, 5.74) is 0. The van der Waals surface area contributed by atoms with Crippen LogP contribution in [0.3, 0.4) is 0 Å². The van der Waals surface area contributed by atoms with Crippen LogP contribution < -0.4 is 0 Å². The maximum Gasteiger partial charge on any atom is 0.428 e. The van der Waals surface area contributed by atoms with Gasteiger partial charge in [0.05, 0.1) is 9.88 Å². The zero-order valence-electron chi connectivity index (χ0n) is 11.5. The standard InChI is InChI=1S/C5H3ClF3NS.C4Cl5NS.CH3I.CH4/c1-2-10-4(6)3(11-2)5(7,8)9;5-2-1(4(7,8)9)11-3(6)10-2;1-2;/h1H3;;1H3;1H4. The van der Waals surface area contributed by atoms with Gasteiger partial charge in [0.15, 0.2) is 9.62 Å². The van der Waals surface area contributed by atoms with Crippen molar-refractivity contribution in [1.82, 2.24) is 9.97 Å². The minimum atomic E-state index is -4.37. The summed E-state index contributed by atoms with van der Waals surface area (Å²) in [7, 11) is 0. The average molecular weight is 631 g/mol. The van der Waals surface area contributed by atoms with Gasteiger partial charge in [-0.25, -0.2) is 9.97 Å². The molecule has 0 spiro atoms. The zero-order valence-corrected chi connectivity index (χ0v) is 19.8. The van der Waals surface area contributed by atoms with Gasteiger partial charge in [0.2, 0.25) is 3.79 Å². The van der Waals surface area contributed by atoms with Crippen LogP contribution in [-0.4, -0.2) is 14.9 Å². The summed E-state index contributed by atoms with van der Waals surface area (Å²) in [4.78, 5) is 8.60. The van der Waals surface area contributed by atoms with Gasteiger partial charge in [-0.15, -0.1) is 22.7 Å². The van der Waals surface area contributed by atoms with Gasteiger partial charge in [0.25, 0.3) is 0 Å². The van der Waals surface area contributed by atoms with E-state index in [1.165, 1.54) is 6.92 Å². The summed E-state index contributed by atoms with van der Waals surface area (Å²) in [5.74, 6) is 0. The van der Waals surface area contributed by atoms with Gasteiger partial charge in [0.1, 0.15) is 10.0 Å². The number of thiazole rings is 2. The van der Waals surface area contributed by atoms with E-state index in [0.29, 0.717) is 21.2 Å². The minimum absolute atomic E-state index is 0. The lowest BCUT2D eigenvalue weighted by Gasteiger charge is -2.06. The lowest BCUT2D eigenvalue weighted by atomic mass is 10.5. The van der Waals surface area contributed by atoms with Crippen molar-refractivity contribution in [2.45, 2.75) is 24.3 Å². The second-order valence-corrected chi connectivity index (χ2v) is 9.22. The van der Waals surface area contributed by atoms with Crippen LogP contribution in [0.1, 0.15) is 22.2 Å². The number of hydrogen-bond donors (Lipinski definition) is 0. The van der Waals surface area contributed by atoms with Gasteiger partial charge >= 0.3 is 6.18 Å². The Kier molecular flexibility index (Phi) is 14.0. The fourth-order valence-electron chi connectivity index (χ4n) is 1.03. The van der Waals surface area contributed by atoms with Gasteiger partial charge in [-0.05, 0) is 11.9 Å². The van der Waals surface area contributed by atoms with Crippen LogP contribution in [0.5, 0.6) is 0 Å². The molecular formula is C11H10Cl6F3IN2S2. The first-order valence-electron chi connectivity index (χ1n) is 5.29. The largest absolute Gasteiger partial charge is 0.428 e. The normalized spacial score (nSPS) is 10.9. The molecule has 0 bridgehead atoms. The summed E-state index contributed by atoms with van der Waals surface area (Å²) in [6.07, 6.45) is -4.37. The second-order valence-electron chi connectivity index (χ2n) is 3.44. The van der Waals surface area contributed by atoms with Crippen LogP contribution in [0.4, 0.5) is 13.2 Å². The molecule has 146 valence electrons. The van der Waals surface area contributed by atoms with Crippen molar-refractivity contribution in [3.8, 4) is 0 Å². The van der Waals surface area contributed by atoms with E-state index < -0.39 is 20.0 Å². The Balaban J connectivity index is 0. The number of alkyl halides is 7. The number of aromatic nitrogens is 2. The zero-order chi connectivity index (χ0) is 19.3. The molecule has 2 aromatic rings. The third-order valence-electron chi connectivity index (χ3n) is 1.77. The van der Waals surface area contributed by atoms with Gasteiger partial charge in [-0.1, -0.05) is 99.6 Å². The Morgan fingerprint density at radius 2 is 1.32 bits per heavy atom. The molecule has 0 fully saturated rings. The number of rotatable bonds is 0. The van der Waals surface area contributed by atoms with E-state index in [0.717, 1.165) is 11.3 Å². The van der Waals surface area contributed by atoms with E-state index in [-0.39, 0.29) is 17.0 Å². The molecule has 2 heterocycles. The van der Waals surface area contributed by atoms with E-state index in [4.69, 9.17) is 69.6 Å². The van der Waals surface area contributed by atoms with Gasteiger partial charge in [-0.2, -0.15) is 13.2 Å². The summed E-state index contributed by atoms with van der Waals surface area (Å²) in [6, 6.07) is 0. The molecule has 0 aliphatic heterocycles. The van der Waals surface area contributed by atoms with Gasteiger partial charge in [0, 0.05) is 0 Å². The first kappa shape index (κ1) is 28.7. The monoisotopic (exact) mass is 628 g/mol. The molecule has 0 atom stereocenters. The van der Waals surface area contributed by atoms with E-state index in [1.807, 2.05) is 4.93 Å². The van der Waals surface area contributed by atoms with Gasteiger partial charge < -0.3 is 0 Å². The highest BCUT2D eigenvalue weighted by atomic mass is 127. The highest BCUT2D eigenvalue weighted by Crippen LogP contribution is 2.45. The Labute approximate surface area is 195 Å². The van der Waals surface area contributed by atoms with Crippen molar-refractivity contribution in [2.75, 3.05) is 4.93 Å². The number of hydrogen-bond acceptors (Lipinski definition) is 4. The van der Waals surface area contributed by atoms with Crippen LogP contribution in [0, 0.1) is 6.92 Å². The molecule has 0 radical (unpaired) electrons. The molecule has 0 aromatic carbocycles. The van der Waals surface area contributed by atoms with Crippen molar-refractivity contribution in [3.05, 3.63) is 29.5 Å². The van der Waals surface area contributed by atoms with Crippen LogP contribution in [0.25, 0.3) is 0 Å². The Morgan fingerprint density at radius 1 is 0.880 bits per heavy atom. The molecule has 0 unspecified atom stereocenters. The van der Waals surface area contributed by atoms with E-state index in [9.17, 15) is 13.2 Å². The molecule has 2 aromatic heterocycles. The number of nitrogens with zero attached hydrogens (tertiary/aromatic N) is 2.